The predicted octanol–water partition coefficient (Wildman–Crippen LogP) is 3.36. The highest BCUT2D eigenvalue weighted by Crippen LogP contribution is 2.25. The minimum absolute atomic E-state index is 0.0130. The number of nitrogens with zero attached hydrogens (tertiary/aromatic N) is 1. The molecule has 1 atom stereocenters. The number of aryl methyl sites for hydroxylation is 1. The quantitative estimate of drug-likeness (QED) is 0.822. The molecule has 0 bridgehead atoms. The molecular weight excluding hydrogens is 310 g/mol. The van der Waals surface area contributed by atoms with E-state index in [-0.39, 0.29) is 11.9 Å². The number of nitrogens with one attached hydrogen (secondary N) is 2. The third-order valence-corrected chi connectivity index (χ3v) is 5.03. The third kappa shape index (κ3) is 3.85. The summed E-state index contributed by atoms with van der Waals surface area (Å²) in [7, 11) is 0. The number of hydrogen-bond donors (Lipinski definition) is 2. The first-order valence-corrected chi connectivity index (χ1v) is 8.98. The lowest BCUT2D eigenvalue weighted by atomic mass is 10.1. The summed E-state index contributed by atoms with van der Waals surface area (Å²) < 4.78 is 2.24. The topological polar surface area (TPSA) is 46.1 Å². The van der Waals surface area contributed by atoms with E-state index in [1.54, 1.807) is 0 Å². The van der Waals surface area contributed by atoms with E-state index in [1.807, 2.05) is 19.1 Å². The summed E-state index contributed by atoms with van der Waals surface area (Å²) in [4.78, 5) is 12.7. The number of carbonyl (C=O) groups excluding carboxylic acids is 1. The highest BCUT2D eigenvalue weighted by molar-refractivity contribution is 5.95. The van der Waals surface area contributed by atoms with Gasteiger partial charge in [-0.25, -0.2) is 0 Å². The maximum absolute atomic E-state index is 12.7. The molecule has 2 heterocycles. The summed E-state index contributed by atoms with van der Waals surface area (Å²) in [6.45, 7) is 8.80. The average molecular weight is 337 g/mol. The Bertz CT molecular complexity index is 774. The van der Waals surface area contributed by atoms with Crippen molar-refractivity contribution < 1.29 is 4.79 Å². The fourth-order valence-electron chi connectivity index (χ4n) is 3.60. The third-order valence-electron chi connectivity index (χ3n) is 5.03. The monoisotopic (exact) mass is 337 g/mol. The smallest absolute Gasteiger partial charge is 0.253 e. The van der Waals surface area contributed by atoms with E-state index in [0.717, 1.165) is 36.5 Å². The first kappa shape index (κ1) is 17.5. The van der Waals surface area contributed by atoms with Crippen LogP contribution in [-0.4, -0.2) is 30.1 Å². The van der Waals surface area contributed by atoms with Crippen molar-refractivity contribution in [3.8, 4) is 0 Å². The lowest BCUT2D eigenvalue weighted by Crippen LogP contribution is -2.29. The van der Waals surface area contributed by atoms with Crippen LogP contribution in [-0.2, 0) is 0 Å². The van der Waals surface area contributed by atoms with Crippen molar-refractivity contribution in [1.29, 1.82) is 0 Å². The molecule has 1 aromatic carbocycles. The van der Waals surface area contributed by atoms with E-state index in [1.165, 1.54) is 11.1 Å². The highest BCUT2D eigenvalue weighted by atomic mass is 16.1. The van der Waals surface area contributed by atoms with E-state index < -0.39 is 0 Å². The van der Waals surface area contributed by atoms with Crippen LogP contribution in [0.2, 0.25) is 0 Å². The zero-order valence-electron chi connectivity index (χ0n) is 15.3. The maximum Gasteiger partial charge on any atom is 0.253 e. The molecule has 25 heavy (non-hydrogen) atoms. The Hall–Kier alpha value is -2.33. The number of rotatable bonds is 5. The largest absolute Gasteiger partial charge is 0.348 e. The van der Waals surface area contributed by atoms with Crippen LogP contribution in [0.1, 0.15) is 46.7 Å². The Kier molecular flexibility index (Phi) is 5.39. The van der Waals surface area contributed by atoms with Gasteiger partial charge in [0.1, 0.15) is 0 Å². The summed E-state index contributed by atoms with van der Waals surface area (Å²) in [5.41, 5.74) is 5.45. The van der Waals surface area contributed by atoms with Crippen LogP contribution in [0.3, 0.4) is 0 Å². The molecule has 4 nitrogen and oxygen atoms in total. The molecule has 0 radical (unpaired) electrons. The maximum atomic E-state index is 12.7. The van der Waals surface area contributed by atoms with Gasteiger partial charge >= 0.3 is 0 Å². The normalized spacial score (nSPS) is 15.6. The predicted molar refractivity (Wildman–Crippen MR) is 102 cm³/mol. The van der Waals surface area contributed by atoms with Crippen LogP contribution in [0.15, 0.2) is 48.0 Å². The van der Waals surface area contributed by atoms with E-state index >= 15 is 0 Å². The van der Waals surface area contributed by atoms with Crippen molar-refractivity contribution in [3.05, 3.63) is 70.6 Å². The highest BCUT2D eigenvalue weighted by Gasteiger charge is 2.19. The summed E-state index contributed by atoms with van der Waals surface area (Å²) >= 11 is 0. The Morgan fingerprint density at radius 2 is 2.04 bits per heavy atom. The van der Waals surface area contributed by atoms with Crippen molar-refractivity contribution in [2.75, 3.05) is 19.6 Å². The van der Waals surface area contributed by atoms with Gasteiger partial charge in [0.05, 0.1) is 11.6 Å². The van der Waals surface area contributed by atoms with E-state index in [4.69, 9.17) is 0 Å². The molecule has 0 saturated carbocycles. The molecule has 1 aliphatic heterocycles. The number of hydrogen-bond acceptors (Lipinski definition) is 2. The summed E-state index contributed by atoms with van der Waals surface area (Å²) in [5, 5.41) is 6.37. The molecule has 1 aromatic heterocycles. The minimum Gasteiger partial charge on any atom is -0.348 e. The van der Waals surface area contributed by atoms with Gasteiger partial charge in [0.25, 0.3) is 5.91 Å². The Morgan fingerprint density at radius 3 is 2.72 bits per heavy atom. The zero-order chi connectivity index (χ0) is 17.8. The number of benzene rings is 1. The number of aromatic nitrogens is 1. The van der Waals surface area contributed by atoms with Crippen molar-refractivity contribution in [1.82, 2.24) is 15.2 Å². The second-order valence-corrected chi connectivity index (χ2v) is 6.74. The lowest BCUT2D eigenvalue weighted by Gasteiger charge is -2.19. The van der Waals surface area contributed by atoms with Crippen LogP contribution in [0.25, 0.3) is 0 Å². The molecule has 4 heteroatoms. The van der Waals surface area contributed by atoms with Crippen LogP contribution in [0.4, 0.5) is 0 Å². The van der Waals surface area contributed by atoms with Crippen LogP contribution in [0, 0.1) is 13.8 Å². The molecule has 1 amide bonds. The Labute approximate surface area is 149 Å². The molecule has 0 spiro atoms. The second-order valence-electron chi connectivity index (χ2n) is 6.74. The number of amides is 1. The molecule has 2 N–H and O–H groups in total. The Balaban J connectivity index is 1.77. The van der Waals surface area contributed by atoms with Crippen LogP contribution in [0.5, 0.6) is 0 Å². The van der Waals surface area contributed by atoms with Gasteiger partial charge in [-0.3, -0.25) is 4.79 Å². The molecule has 0 aliphatic carbocycles. The van der Waals surface area contributed by atoms with E-state index in [2.05, 4.69) is 59.4 Å². The molecule has 1 unspecified atom stereocenters. The SMILES string of the molecule is Cc1cc(C(=O)NCC2=CCNCC2)c(C)n1C(C)c1ccccc1. The fraction of sp³-hybridized carbons (Fsp3) is 0.381. The van der Waals surface area contributed by atoms with E-state index in [9.17, 15) is 4.79 Å². The molecule has 1 aliphatic rings. The van der Waals surface area contributed by atoms with Gasteiger partial charge in [-0.15, -0.1) is 0 Å². The summed E-state index contributed by atoms with van der Waals surface area (Å²) in [6.07, 6.45) is 3.18. The molecular formula is C21H27N3O. The molecule has 0 fully saturated rings. The van der Waals surface area contributed by atoms with Gasteiger partial charge in [0.15, 0.2) is 0 Å². The lowest BCUT2D eigenvalue weighted by molar-refractivity contribution is 0.0956. The van der Waals surface area contributed by atoms with Crippen LogP contribution < -0.4 is 10.6 Å². The number of carbonyl (C=O) groups is 1. The molecule has 2 aromatic rings. The van der Waals surface area contributed by atoms with Crippen molar-refractivity contribution >= 4 is 5.91 Å². The minimum atomic E-state index is 0.0130. The van der Waals surface area contributed by atoms with Crippen LogP contribution >= 0.6 is 0 Å². The van der Waals surface area contributed by atoms with Gasteiger partial charge in [0.2, 0.25) is 0 Å². The zero-order valence-corrected chi connectivity index (χ0v) is 15.3. The van der Waals surface area contributed by atoms with Gasteiger partial charge < -0.3 is 15.2 Å². The molecule has 132 valence electrons. The standard InChI is InChI=1S/C21H27N3O/c1-15-13-20(21(25)23-14-18-9-11-22-12-10-18)17(3)24(15)16(2)19-7-5-4-6-8-19/h4-9,13,16,22H,10-12,14H2,1-3H3,(H,23,25). The van der Waals surface area contributed by atoms with Crippen molar-refractivity contribution in [2.45, 2.75) is 33.2 Å². The first-order chi connectivity index (χ1) is 12.1. The van der Waals surface area contributed by atoms with E-state index in [0.29, 0.717) is 6.54 Å². The summed E-state index contributed by atoms with van der Waals surface area (Å²) in [5.74, 6) is 0.0130. The molecule has 0 saturated heterocycles. The van der Waals surface area contributed by atoms with Gasteiger partial charge in [-0.2, -0.15) is 0 Å². The van der Waals surface area contributed by atoms with Gasteiger partial charge in [-0.05, 0) is 45.4 Å². The fourth-order valence-corrected chi connectivity index (χ4v) is 3.60. The average Bonchev–Trinajstić information content (AvgIpc) is 2.95. The van der Waals surface area contributed by atoms with Crippen molar-refractivity contribution in [3.63, 3.8) is 0 Å². The second kappa shape index (κ2) is 7.70. The first-order valence-electron chi connectivity index (χ1n) is 8.98. The Morgan fingerprint density at radius 1 is 1.28 bits per heavy atom. The van der Waals surface area contributed by atoms with Crippen molar-refractivity contribution in [2.24, 2.45) is 0 Å². The summed E-state index contributed by atoms with van der Waals surface area (Å²) in [6, 6.07) is 12.6. The molecule has 3 rings (SSSR count). The van der Waals surface area contributed by atoms with Gasteiger partial charge in [0, 0.05) is 24.5 Å². The van der Waals surface area contributed by atoms with Gasteiger partial charge in [-0.1, -0.05) is 42.0 Å².